The molecular formula is C15H18N4. The first-order valence-electron chi connectivity index (χ1n) is 6.60. The van der Waals surface area contributed by atoms with Gasteiger partial charge in [-0.2, -0.15) is 0 Å². The number of fused-ring (bicyclic) bond motifs is 1. The molecule has 2 aromatic heterocycles. The van der Waals surface area contributed by atoms with Gasteiger partial charge in [-0.05, 0) is 35.6 Å². The maximum Gasteiger partial charge on any atom is 0.0945 e. The first-order chi connectivity index (χ1) is 9.36. The lowest BCUT2D eigenvalue weighted by Gasteiger charge is -2.06. The summed E-state index contributed by atoms with van der Waals surface area (Å²) in [5.74, 6) is 0. The van der Waals surface area contributed by atoms with Gasteiger partial charge in [-0.1, -0.05) is 6.07 Å². The Morgan fingerprint density at radius 1 is 1.11 bits per heavy atom. The van der Waals surface area contributed by atoms with Crippen molar-refractivity contribution in [1.82, 2.24) is 14.1 Å². The van der Waals surface area contributed by atoms with E-state index in [2.05, 4.69) is 44.6 Å². The number of rotatable bonds is 5. The standard InChI is InChI=1S/C15H18N4/c16-11-13-2-3-15-14(10-13)4-8-19(15)7-1-6-18-9-5-17-12-18/h2-5,8-10,12H,1,6-7,11,16H2. The smallest absolute Gasteiger partial charge is 0.0945 e. The summed E-state index contributed by atoms with van der Waals surface area (Å²) in [6, 6.07) is 8.59. The molecular weight excluding hydrogens is 236 g/mol. The van der Waals surface area contributed by atoms with Crippen molar-refractivity contribution in [1.29, 1.82) is 0 Å². The Kier molecular flexibility index (Phi) is 3.33. The highest BCUT2D eigenvalue weighted by Crippen LogP contribution is 2.18. The molecule has 0 saturated carbocycles. The molecule has 4 heteroatoms. The molecule has 19 heavy (non-hydrogen) atoms. The van der Waals surface area contributed by atoms with E-state index in [1.54, 1.807) is 0 Å². The van der Waals surface area contributed by atoms with Gasteiger partial charge in [0.25, 0.3) is 0 Å². The second kappa shape index (κ2) is 5.28. The average molecular weight is 254 g/mol. The number of aromatic nitrogens is 3. The maximum absolute atomic E-state index is 5.67. The first kappa shape index (κ1) is 12.0. The summed E-state index contributed by atoms with van der Waals surface area (Å²) < 4.78 is 4.41. The zero-order valence-corrected chi connectivity index (χ0v) is 10.9. The summed E-state index contributed by atoms with van der Waals surface area (Å²) in [4.78, 5) is 4.05. The summed E-state index contributed by atoms with van der Waals surface area (Å²) in [5, 5.41) is 1.27. The quantitative estimate of drug-likeness (QED) is 0.760. The van der Waals surface area contributed by atoms with Crippen LogP contribution < -0.4 is 5.73 Å². The fourth-order valence-corrected chi connectivity index (χ4v) is 2.41. The van der Waals surface area contributed by atoms with Crippen LogP contribution in [0.25, 0.3) is 10.9 Å². The van der Waals surface area contributed by atoms with Gasteiger partial charge in [-0.3, -0.25) is 0 Å². The monoisotopic (exact) mass is 254 g/mol. The molecule has 0 saturated heterocycles. The predicted octanol–water partition coefficient (Wildman–Crippen LogP) is 2.39. The Hall–Kier alpha value is -2.07. The molecule has 0 aliphatic carbocycles. The summed E-state index contributed by atoms with van der Waals surface area (Å²) >= 11 is 0. The second-order valence-electron chi connectivity index (χ2n) is 4.76. The van der Waals surface area contributed by atoms with E-state index in [4.69, 9.17) is 5.73 Å². The zero-order valence-electron chi connectivity index (χ0n) is 10.9. The molecule has 0 radical (unpaired) electrons. The molecule has 2 heterocycles. The predicted molar refractivity (Wildman–Crippen MR) is 76.7 cm³/mol. The fourth-order valence-electron chi connectivity index (χ4n) is 2.41. The van der Waals surface area contributed by atoms with Gasteiger partial charge >= 0.3 is 0 Å². The SMILES string of the molecule is NCc1ccc2c(ccn2CCCn2ccnc2)c1. The van der Waals surface area contributed by atoms with Gasteiger partial charge in [0.1, 0.15) is 0 Å². The highest BCUT2D eigenvalue weighted by molar-refractivity contribution is 5.80. The minimum absolute atomic E-state index is 0.599. The van der Waals surface area contributed by atoms with Crippen LogP contribution in [-0.4, -0.2) is 14.1 Å². The van der Waals surface area contributed by atoms with Crippen molar-refractivity contribution in [3.05, 3.63) is 54.7 Å². The third-order valence-corrected chi connectivity index (χ3v) is 3.45. The maximum atomic E-state index is 5.67. The van der Waals surface area contributed by atoms with Crippen LogP contribution in [0.15, 0.2) is 49.2 Å². The van der Waals surface area contributed by atoms with Gasteiger partial charge in [0.2, 0.25) is 0 Å². The minimum Gasteiger partial charge on any atom is -0.347 e. The van der Waals surface area contributed by atoms with Crippen molar-refractivity contribution in [2.45, 2.75) is 26.1 Å². The Morgan fingerprint density at radius 2 is 2.05 bits per heavy atom. The number of benzene rings is 1. The van der Waals surface area contributed by atoms with E-state index in [0.717, 1.165) is 19.5 Å². The highest BCUT2D eigenvalue weighted by Gasteiger charge is 2.01. The van der Waals surface area contributed by atoms with Crippen molar-refractivity contribution in [3.8, 4) is 0 Å². The van der Waals surface area contributed by atoms with Crippen LogP contribution in [-0.2, 0) is 19.6 Å². The van der Waals surface area contributed by atoms with Gasteiger partial charge in [0.05, 0.1) is 6.33 Å². The molecule has 0 unspecified atom stereocenters. The van der Waals surface area contributed by atoms with Crippen LogP contribution in [0.1, 0.15) is 12.0 Å². The fraction of sp³-hybridized carbons (Fsp3) is 0.267. The van der Waals surface area contributed by atoms with Crippen LogP contribution in [0.5, 0.6) is 0 Å². The van der Waals surface area contributed by atoms with E-state index < -0.39 is 0 Å². The lowest BCUT2D eigenvalue weighted by molar-refractivity contribution is 0.573. The van der Waals surface area contributed by atoms with Crippen LogP contribution >= 0.6 is 0 Å². The van der Waals surface area contributed by atoms with E-state index in [9.17, 15) is 0 Å². The zero-order chi connectivity index (χ0) is 13.1. The minimum atomic E-state index is 0.599. The Balaban J connectivity index is 1.71. The molecule has 0 bridgehead atoms. The number of hydrogen-bond acceptors (Lipinski definition) is 2. The third-order valence-electron chi connectivity index (χ3n) is 3.45. The molecule has 0 amide bonds. The summed E-state index contributed by atoms with van der Waals surface area (Å²) in [6.07, 6.45) is 8.93. The molecule has 0 aliphatic rings. The van der Waals surface area contributed by atoms with Crippen LogP contribution in [0, 0.1) is 0 Å². The van der Waals surface area contributed by atoms with Crippen molar-refractivity contribution in [2.75, 3.05) is 0 Å². The topological polar surface area (TPSA) is 48.8 Å². The summed E-state index contributed by atoms with van der Waals surface area (Å²) in [6.45, 7) is 2.62. The highest BCUT2D eigenvalue weighted by atomic mass is 15.0. The number of aryl methyl sites for hydroxylation is 2. The van der Waals surface area contributed by atoms with E-state index in [1.807, 2.05) is 18.7 Å². The molecule has 1 aromatic carbocycles. The summed E-state index contributed by atoms with van der Waals surface area (Å²) in [5.41, 5.74) is 8.13. The van der Waals surface area contributed by atoms with Crippen molar-refractivity contribution in [2.24, 2.45) is 5.73 Å². The molecule has 0 fully saturated rings. The van der Waals surface area contributed by atoms with Gasteiger partial charge < -0.3 is 14.9 Å². The molecule has 3 aromatic rings. The number of hydrogen-bond donors (Lipinski definition) is 1. The van der Waals surface area contributed by atoms with E-state index >= 15 is 0 Å². The lowest BCUT2D eigenvalue weighted by Crippen LogP contribution is -2.02. The number of imidazole rings is 1. The average Bonchev–Trinajstić information content (AvgIpc) is 3.08. The number of nitrogens with zero attached hydrogens (tertiary/aromatic N) is 3. The normalized spacial score (nSPS) is 11.2. The van der Waals surface area contributed by atoms with Crippen molar-refractivity contribution < 1.29 is 0 Å². The molecule has 2 N–H and O–H groups in total. The van der Waals surface area contributed by atoms with Crippen LogP contribution in [0.4, 0.5) is 0 Å². The molecule has 0 atom stereocenters. The molecule has 98 valence electrons. The van der Waals surface area contributed by atoms with Gasteiger partial charge in [-0.15, -0.1) is 0 Å². The molecule has 0 aliphatic heterocycles. The van der Waals surface area contributed by atoms with Gasteiger partial charge in [0, 0.05) is 43.7 Å². The largest absolute Gasteiger partial charge is 0.347 e. The number of nitrogens with two attached hydrogens (primary N) is 1. The van der Waals surface area contributed by atoms with Crippen LogP contribution in [0.3, 0.4) is 0 Å². The lowest BCUT2D eigenvalue weighted by atomic mass is 10.1. The van der Waals surface area contributed by atoms with Crippen molar-refractivity contribution >= 4 is 10.9 Å². The third kappa shape index (κ3) is 2.53. The molecule has 3 rings (SSSR count). The summed E-state index contributed by atoms with van der Waals surface area (Å²) in [7, 11) is 0. The van der Waals surface area contributed by atoms with Gasteiger partial charge in [-0.25, -0.2) is 4.98 Å². The molecule has 0 spiro atoms. The van der Waals surface area contributed by atoms with E-state index in [1.165, 1.54) is 16.5 Å². The Morgan fingerprint density at radius 3 is 2.84 bits per heavy atom. The van der Waals surface area contributed by atoms with Gasteiger partial charge in [0.15, 0.2) is 0 Å². The Bertz CT molecular complexity index is 652. The van der Waals surface area contributed by atoms with E-state index in [-0.39, 0.29) is 0 Å². The Labute approximate surface area is 112 Å². The second-order valence-corrected chi connectivity index (χ2v) is 4.76. The van der Waals surface area contributed by atoms with Crippen LogP contribution in [0.2, 0.25) is 0 Å². The first-order valence-corrected chi connectivity index (χ1v) is 6.60. The van der Waals surface area contributed by atoms with E-state index in [0.29, 0.717) is 6.54 Å². The molecule has 4 nitrogen and oxygen atoms in total. The van der Waals surface area contributed by atoms with Crippen molar-refractivity contribution in [3.63, 3.8) is 0 Å².